The van der Waals surface area contributed by atoms with Crippen LogP contribution in [0.25, 0.3) is 10.2 Å². The smallest absolute Gasteiger partial charge is 0.286 e. The van der Waals surface area contributed by atoms with Gasteiger partial charge in [-0.2, -0.15) is 4.99 Å². The second kappa shape index (κ2) is 8.09. The lowest BCUT2D eigenvalue weighted by Gasteiger charge is -2.05. The molecule has 0 saturated heterocycles. The molecule has 5 nitrogen and oxygen atoms in total. The van der Waals surface area contributed by atoms with Gasteiger partial charge < -0.3 is 14.0 Å². The van der Waals surface area contributed by atoms with Crippen LogP contribution in [-0.2, 0) is 16.1 Å². The summed E-state index contributed by atoms with van der Waals surface area (Å²) in [4.78, 5) is 17.1. The third kappa shape index (κ3) is 4.35. The Kier molecular flexibility index (Phi) is 5.63. The molecule has 0 atom stereocenters. The lowest BCUT2D eigenvalue weighted by Crippen LogP contribution is -2.21. The van der Waals surface area contributed by atoms with Crippen LogP contribution in [-0.4, -0.2) is 30.8 Å². The highest BCUT2D eigenvalue weighted by Gasteiger charge is 2.08. The molecule has 0 unspecified atom stereocenters. The maximum absolute atomic E-state index is 12.2. The number of hydrogen-bond acceptors (Lipinski definition) is 4. The van der Waals surface area contributed by atoms with Crippen molar-refractivity contribution in [1.29, 1.82) is 0 Å². The molecule has 0 aliphatic rings. The number of rotatable bonds is 6. The molecule has 2 aromatic carbocycles. The van der Waals surface area contributed by atoms with Crippen LogP contribution in [0.15, 0.2) is 53.5 Å². The number of carbonyl (C=O) groups excluding carboxylic acids is 1. The number of carbonyl (C=O) groups is 1. The minimum Gasteiger partial charge on any atom is -0.484 e. The maximum atomic E-state index is 12.2. The number of para-hydroxylation sites is 1. The van der Waals surface area contributed by atoms with Crippen LogP contribution in [0.3, 0.4) is 0 Å². The van der Waals surface area contributed by atoms with E-state index in [-0.39, 0.29) is 12.5 Å². The number of amides is 1. The predicted molar refractivity (Wildman–Crippen MR) is 98.9 cm³/mol. The van der Waals surface area contributed by atoms with E-state index in [1.165, 1.54) is 11.3 Å². The number of ether oxygens (including phenoxy) is 2. The first-order valence-electron chi connectivity index (χ1n) is 8.02. The van der Waals surface area contributed by atoms with E-state index in [9.17, 15) is 4.79 Å². The van der Waals surface area contributed by atoms with E-state index in [0.717, 1.165) is 15.8 Å². The largest absolute Gasteiger partial charge is 0.484 e. The molecule has 3 aromatic rings. The Hall–Kier alpha value is -2.44. The zero-order valence-electron chi connectivity index (χ0n) is 14.3. The lowest BCUT2D eigenvalue weighted by atomic mass is 10.2. The number of thiazole rings is 1. The van der Waals surface area contributed by atoms with Gasteiger partial charge in [0.1, 0.15) is 5.75 Å². The fourth-order valence-electron chi connectivity index (χ4n) is 2.42. The molecular formula is C19H20N2O3S. The van der Waals surface area contributed by atoms with Gasteiger partial charge in [-0.1, -0.05) is 41.2 Å². The first-order valence-corrected chi connectivity index (χ1v) is 8.83. The molecule has 0 spiro atoms. The zero-order valence-corrected chi connectivity index (χ0v) is 15.1. The second-order valence-electron chi connectivity index (χ2n) is 5.60. The number of aryl methyl sites for hydroxylation is 1. The van der Waals surface area contributed by atoms with Gasteiger partial charge in [-0.15, -0.1) is 0 Å². The Balaban J connectivity index is 1.81. The van der Waals surface area contributed by atoms with Crippen LogP contribution in [0.2, 0.25) is 0 Å². The summed E-state index contributed by atoms with van der Waals surface area (Å²) in [6.07, 6.45) is 0. The fourth-order valence-corrected chi connectivity index (χ4v) is 3.50. The predicted octanol–water partition coefficient (Wildman–Crippen LogP) is 3.16. The Morgan fingerprint density at radius 2 is 1.92 bits per heavy atom. The molecular weight excluding hydrogens is 336 g/mol. The Labute approximate surface area is 150 Å². The molecule has 1 amide bonds. The minimum atomic E-state index is -0.307. The average Bonchev–Trinajstić information content (AvgIpc) is 2.96. The molecule has 6 heteroatoms. The minimum absolute atomic E-state index is 0.0818. The van der Waals surface area contributed by atoms with Gasteiger partial charge in [-0.3, -0.25) is 4.79 Å². The summed E-state index contributed by atoms with van der Waals surface area (Å²) in [5.41, 5.74) is 2.20. The Morgan fingerprint density at radius 3 is 2.68 bits per heavy atom. The van der Waals surface area contributed by atoms with Gasteiger partial charge in [-0.25, -0.2) is 0 Å². The molecule has 1 aromatic heterocycles. The zero-order chi connectivity index (χ0) is 17.6. The molecule has 0 aliphatic carbocycles. The molecule has 0 radical (unpaired) electrons. The summed E-state index contributed by atoms with van der Waals surface area (Å²) in [5, 5.41) is 0. The van der Waals surface area contributed by atoms with E-state index in [4.69, 9.17) is 9.47 Å². The number of benzene rings is 2. The van der Waals surface area contributed by atoms with Crippen LogP contribution >= 0.6 is 11.3 Å². The summed E-state index contributed by atoms with van der Waals surface area (Å²) in [5.74, 6) is 0.357. The molecule has 0 fully saturated rings. The van der Waals surface area contributed by atoms with Gasteiger partial charge in [0.15, 0.2) is 11.4 Å². The topological polar surface area (TPSA) is 52.8 Å². The van der Waals surface area contributed by atoms with Crippen LogP contribution < -0.4 is 9.54 Å². The molecule has 1 heterocycles. The van der Waals surface area contributed by atoms with Crippen molar-refractivity contribution >= 4 is 27.5 Å². The monoisotopic (exact) mass is 356 g/mol. The number of hydrogen-bond donors (Lipinski definition) is 0. The Morgan fingerprint density at radius 1 is 1.16 bits per heavy atom. The summed E-state index contributed by atoms with van der Waals surface area (Å²) in [6, 6.07) is 15.6. The van der Waals surface area contributed by atoms with Crippen molar-refractivity contribution in [2.75, 3.05) is 20.3 Å². The van der Waals surface area contributed by atoms with Crippen molar-refractivity contribution in [2.45, 2.75) is 13.5 Å². The van der Waals surface area contributed by atoms with Crippen LogP contribution in [0.5, 0.6) is 5.75 Å². The van der Waals surface area contributed by atoms with Crippen LogP contribution in [0, 0.1) is 6.92 Å². The standard InChI is InChI=1S/C19H20N2O3S/c1-14-7-9-15(10-8-14)24-13-18(22)20-19-21(11-12-23-2)16-5-3-4-6-17(16)25-19/h3-10H,11-13H2,1-2H3. The highest BCUT2D eigenvalue weighted by molar-refractivity contribution is 7.16. The number of fused-ring (bicyclic) bond motifs is 1. The molecule has 3 rings (SSSR count). The average molecular weight is 356 g/mol. The Bertz CT molecular complexity index is 926. The molecule has 25 heavy (non-hydrogen) atoms. The first-order chi connectivity index (χ1) is 12.2. The van der Waals surface area contributed by atoms with Crippen LogP contribution in [0.1, 0.15) is 5.56 Å². The van der Waals surface area contributed by atoms with Gasteiger partial charge in [-0.05, 0) is 31.2 Å². The van der Waals surface area contributed by atoms with E-state index < -0.39 is 0 Å². The van der Waals surface area contributed by atoms with Crippen molar-refractivity contribution in [3.05, 3.63) is 58.9 Å². The first kappa shape index (κ1) is 17.4. The highest BCUT2D eigenvalue weighted by atomic mass is 32.1. The second-order valence-corrected chi connectivity index (χ2v) is 6.61. The maximum Gasteiger partial charge on any atom is 0.286 e. The lowest BCUT2D eigenvalue weighted by molar-refractivity contribution is -0.120. The van der Waals surface area contributed by atoms with Gasteiger partial charge in [0.25, 0.3) is 5.91 Å². The SMILES string of the molecule is COCCn1c(=NC(=O)COc2ccc(C)cc2)sc2ccccc21. The molecule has 0 bridgehead atoms. The summed E-state index contributed by atoms with van der Waals surface area (Å²) >= 11 is 1.49. The quantitative estimate of drug-likeness (QED) is 0.682. The normalized spacial score (nSPS) is 11.8. The van der Waals surface area contributed by atoms with Crippen molar-refractivity contribution in [3.8, 4) is 5.75 Å². The third-order valence-electron chi connectivity index (χ3n) is 3.71. The molecule has 0 saturated carbocycles. The summed E-state index contributed by atoms with van der Waals surface area (Å²) in [6.45, 7) is 3.12. The number of aromatic nitrogens is 1. The van der Waals surface area contributed by atoms with E-state index in [0.29, 0.717) is 23.7 Å². The van der Waals surface area contributed by atoms with Gasteiger partial charge >= 0.3 is 0 Å². The molecule has 0 aliphatic heterocycles. The molecule has 0 N–H and O–H groups in total. The van der Waals surface area contributed by atoms with E-state index in [1.54, 1.807) is 7.11 Å². The van der Waals surface area contributed by atoms with Crippen LogP contribution in [0.4, 0.5) is 0 Å². The van der Waals surface area contributed by atoms with E-state index in [2.05, 4.69) is 4.99 Å². The van der Waals surface area contributed by atoms with Crippen molar-refractivity contribution in [3.63, 3.8) is 0 Å². The molecule has 130 valence electrons. The van der Waals surface area contributed by atoms with Gasteiger partial charge in [0.05, 0.1) is 16.8 Å². The number of methoxy groups -OCH3 is 1. The van der Waals surface area contributed by atoms with Gasteiger partial charge in [0.2, 0.25) is 0 Å². The fraction of sp³-hybridized carbons (Fsp3) is 0.263. The van der Waals surface area contributed by atoms with Crippen molar-refractivity contribution < 1.29 is 14.3 Å². The van der Waals surface area contributed by atoms with Crippen molar-refractivity contribution in [1.82, 2.24) is 4.57 Å². The summed E-state index contributed by atoms with van der Waals surface area (Å²) < 4.78 is 13.8. The summed E-state index contributed by atoms with van der Waals surface area (Å²) in [7, 11) is 1.66. The number of nitrogens with zero attached hydrogens (tertiary/aromatic N) is 2. The van der Waals surface area contributed by atoms with E-state index in [1.807, 2.05) is 60.0 Å². The van der Waals surface area contributed by atoms with Gasteiger partial charge in [0, 0.05) is 13.7 Å². The van der Waals surface area contributed by atoms with E-state index >= 15 is 0 Å². The highest BCUT2D eigenvalue weighted by Crippen LogP contribution is 2.16. The van der Waals surface area contributed by atoms with Crippen molar-refractivity contribution in [2.24, 2.45) is 4.99 Å². The third-order valence-corrected chi connectivity index (χ3v) is 4.77.